The zero-order valence-electron chi connectivity index (χ0n) is 40.3. The average Bonchev–Trinajstić information content (AvgIpc) is 3.38. The molecule has 0 bridgehead atoms. The number of anilines is 6. The van der Waals surface area contributed by atoms with E-state index in [1.807, 2.05) is 87.5 Å². The zero-order valence-corrected chi connectivity index (χ0v) is 42.6. The summed E-state index contributed by atoms with van der Waals surface area (Å²) >= 11 is 19.1. The molecule has 7 rings (SSSR count). The normalized spacial score (nSPS) is 10.9. The molecule has 372 valence electrons. The van der Waals surface area contributed by atoms with Crippen LogP contribution in [0.15, 0.2) is 111 Å². The van der Waals surface area contributed by atoms with Gasteiger partial charge in [0.1, 0.15) is 0 Å². The Morgan fingerprint density at radius 2 is 0.653 bits per heavy atom. The predicted molar refractivity (Wildman–Crippen MR) is 283 cm³/mol. The van der Waals surface area contributed by atoms with Crippen molar-refractivity contribution in [2.45, 2.75) is 59.3 Å². The summed E-state index contributed by atoms with van der Waals surface area (Å²) in [5.41, 5.74) is 4.42. The summed E-state index contributed by atoms with van der Waals surface area (Å²) in [5, 5.41) is 0.0378. The van der Waals surface area contributed by atoms with Crippen molar-refractivity contribution in [3.05, 3.63) is 127 Å². The van der Waals surface area contributed by atoms with Crippen molar-refractivity contribution < 1.29 is 14.2 Å². The molecule has 0 aliphatic rings. The van der Waals surface area contributed by atoms with Crippen molar-refractivity contribution in [3.63, 3.8) is 0 Å². The SMILES string of the molecule is C=CCN(c1ccc(-c2nc(-c3ccc(N(CC=C)c4nc(Cl)nc(OCCCC)n4)cc3)nc(-c3ccc(N(CC=C)c4nc(Cl)nc(OCCCC)n4)cc3)n2)cc1)c1nc(Cl)nc(OCCCC)n1. The van der Waals surface area contributed by atoms with Crippen LogP contribution >= 0.6 is 34.8 Å². The van der Waals surface area contributed by atoms with Gasteiger partial charge in [0.05, 0.1) is 19.8 Å². The number of hydrogen-bond acceptors (Lipinski definition) is 18. The van der Waals surface area contributed by atoms with Crippen LogP contribution in [0.5, 0.6) is 18.0 Å². The van der Waals surface area contributed by atoms with Crippen molar-refractivity contribution in [3.8, 4) is 52.2 Å². The number of benzene rings is 3. The van der Waals surface area contributed by atoms with Gasteiger partial charge in [0.2, 0.25) is 33.7 Å². The minimum Gasteiger partial charge on any atom is -0.463 e. The lowest BCUT2D eigenvalue weighted by Gasteiger charge is -2.22. The van der Waals surface area contributed by atoms with Crippen molar-refractivity contribution in [1.29, 1.82) is 0 Å². The zero-order chi connectivity index (χ0) is 50.8. The number of aromatic nitrogens is 12. The second-order valence-electron chi connectivity index (χ2n) is 15.8. The molecular weight excluding hydrogens is 977 g/mol. The minimum atomic E-state index is 0.0126. The maximum absolute atomic E-state index is 6.36. The van der Waals surface area contributed by atoms with Gasteiger partial charge in [-0.25, -0.2) is 15.0 Å². The fourth-order valence-corrected chi connectivity index (χ4v) is 7.32. The van der Waals surface area contributed by atoms with Gasteiger partial charge in [-0.1, -0.05) is 58.3 Å². The third-order valence-corrected chi connectivity index (χ3v) is 11.0. The number of nitrogens with zero attached hydrogens (tertiary/aromatic N) is 15. The summed E-state index contributed by atoms with van der Waals surface area (Å²) in [6.45, 7) is 20.6. The van der Waals surface area contributed by atoms with Crippen LogP contribution < -0.4 is 28.9 Å². The van der Waals surface area contributed by atoms with Crippen molar-refractivity contribution in [1.82, 2.24) is 59.8 Å². The Hall–Kier alpha value is -7.41. The summed E-state index contributed by atoms with van der Waals surface area (Å²) < 4.78 is 17.3. The second-order valence-corrected chi connectivity index (χ2v) is 16.8. The van der Waals surface area contributed by atoms with Crippen LogP contribution in [0.3, 0.4) is 0 Å². The summed E-state index contributed by atoms with van der Waals surface area (Å²) in [5.74, 6) is 2.19. The maximum Gasteiger partial charge on any atom is 0.322 e. The lowest BCUT2D eigenvalue weighted by atomic mass is 10.1. The fourth-order valence-electron chi connectivity index (χ4n) is 6.87. The number of unbranched alkanes of at least 4 members (excludes halogenated alkanes) is 3. The molecule has 7 aromatic rings. The Bertz CT molecular complexity index is 2590. The highest BCUT2D eigenvalue weighted by molar-refractivity contribution is 6.28. The molecule has 0 radical (unpaired) electrons. The van der Waals surface area contributed by atoms with E-state index in [-0.39, 0.29) is 33.9 Å². The number of rotatable bonds is 27. The molecule has 0 spiro atoms. The maximum atomic E-state index is 6.36. The van der Waals surface area contributed by atoms with Crippen molar-refractivity contribution in [2.24, 2.45) is 0 Å². The Kier molecular flexibility index (Phi) is 19.0. The first-order chi connectivity index (χ1) is 35.1. The van der Waals surface area contributed by atoms with Crippen LogP contribution in [0.1, 0.15) is 59.3 Å². The van der Waals surface area contributed by atoms with Gasteiger partial charge in [0.15, 0.2) is 17.5 Å². The molecule has 18 nitrogen and oxygen atoms in total. The molecule has 4 aromatic heterocycles. The predicted octanol–water partition coefficient (Wildman–Crippen LogP) is 11.9. The lowest BCUT2D eigenvalue weighted by Crippen LogP contribution is -2.20. The van der Waals surface area contributed by atoms with Crippen LogP contribution in [-0.4, -0.2) is 99.3 Å². The highest BCUT2D eigenvalue weighted by atomic mass is 35.5. The van der Waals surface area contributed by atoms with Gasteiger partial charge in [-0.2, -0.15) is 44.9 Å². The molecule has 72 heavy (non-hydrogen) atoms. The van der Waals surface area contributed by atoms with Gasteiger partial charge in [-0.3, -0.25) is 0 Å². The van der Waals surface area contributed by atoms with Crippen LogP contribution in [0, 0.1) is 0 Å². The van der Waals surface area contributed by atoms with Gasteiger partial charge in [-0.15, -0.1) is 19.7 Å². The summed E-state index contributed by atoms with van der Waals surface area (Å²) in [6, 6.07) is 23.5. The van der Waals surface area contributed by atoms with Crippen molar-refractivity contribution in [2.75, 3.05) is 54.2 Å². The van der Waals surface area contributed by atoms with Gasteiger partial charge in [0.25, 0.3) is 0 Å². The van der Waals surface area contributed by atoms with E-state index < -0.39 is 0 Å². The number of hydrogen-bond donors (Lipinski definition) is 0. The van der Waals surface area contributed by atoms with Gasteiger partial charge < -0.3 is 28.9 Å². The Labute approximate surface area is 434 Å². The Morgan fingerprint density at radius 1 is 0.389 bits per heavy atom. The van der Waals surface area contributed by atoms with E-state index in [2.05, 4.69) is 85.4 Å². The summed E-state index contributed by atoms with van der Waals surface area (Å²) in [4.78, 5) is 60.1. The van der Waals surface area contributed by atoms with Crippen LogP contribution in [0.2, 0.25) is 15.9 Å². The molecule has 21 heteroatoms. The van der Waals surface area contributed by atoms with E-state index in [0.29, 0.717) is 74.8 Å². The van der Waals surface area contributed by atoms with E-state index in [4.69, 9.17) is 64.0 Å². The third-order valence-electron chi connectivity index (χ3n) is 10.5. The number of ether oxygens (including phenoxy) is 3. The summed E-state index contributed by atoms with van der Waals surface area (Å²) in [7, 11) is 0. The molecule has 0 N–H and O–H groups in total. The van der Waals surface area contributed by atoms with E-state index in [9.17, 15) is 0 Å². The third kappa shape index (κ3) is 13.9. The number of halogens is 3. The van der Waals surface area contributed by atoms with Crippen LogP contribution in [0.4, 0.5) is 34.9 Å². The Morgan fingerprint density at radius 3 is 0.889 bits per heavy atom. The lowest BCUT2D eigenvalue weighted by molar-refractivity contribution is 0.284. The fraction of sp³-hybridized carbons (Fsp3) is 0.294. The first kappa shape index (κ1) is 52.4. The molecule has 0 aliphatic carbocycles. The van der Waals surface area contributed by atoms with Crippen molar-refractivity contribution >= 4 is 69.7 Å². The highest BCUT2D eigenvalue weighted by Crippen LogP contribution is 2.33. The van der Waals surface area contributed by atoms with Gasteiger partial charge in [0, 0.05) is 53.4 Å². The minimum absolute atomic E-state index is 0.0126. The van der Waals surface area contributed by atoms with Gasteiger partial charge in [-0.05, 0) is 127 Å². The molecule has 0 saturated heterocycles. The van der Waals surface area contributed by atoms with Crippen LogP contribution in [-0.2, 0) is 0 Å². The first-order valence-corrected chi connectivity index (χ1v) is 24.6. The van der Waals surface area contributed by atoms with E-state index in [0.717, 1.165) is 72.3 Å². The molecule has 3 aromatic carbocycles. The van der Waals surface area contributed by atoms with Gasteiger partial charge >= 0.3 is 18.0 Å². The molecule has 0 atom stereocenters. The van der Waals surface area contributed by atoms with E-state index >= 15 is 0 Å². The van der Waals surface area contributed by atoms with Crippen LogP contribution in [0.25, 0.3) is 34.2 Å². The molecule has 0 unspecified atom stereocenters. The molecule has 0 amide bonds. The topological polar surface area (TPSA) is 192 Å². The quantitative estimate of drug-likeness (QED) is 0.0348. The second kappa shape index (κ2) is 26.2. The highest BCUT2D eigenvalue weighted by Gasteiger charge is 2.21. The average molecular weight is 1030 g/mol. The Balaban J connectivity index is 1.26. The molecule has 4 heterocycles. The van der Waals surface area contributed by atoms with E-state index in [1.165, 1.54) is 0 Å². The molecule has 0 aliphatic heterocycles. The summed E-state index contributed by atoms with van der Waals surface area (Å²) in [6.07, 6.45) is 10.6. The molecular formula is C51H54Cl3N15O3. The smallest absolute Gasteiger partial charge is 0.322 e. The first-order valence-electron chi connectivity index (χ1n) is 23.5. The van der Waals surface area contributed by atoms with E-state index in [1.54, 1.807) is 18.2 Å². The molecule has 0 fully saturated rings. The largest absolute Gasteiger partial charge is 0.463 e. The molecule has 0 saturated carbocycles. The standard InChI is InChI=1S/C51H54Cl3N15O3/c1-7-13-31-70-49-61-43(52)58-46(64-49)67(28-10-4)37-22-16-34(17-23-37)40-55-41(35-18-24-38(25-19-35)68(29-11-5)47-59-44(53)62-50(65-47)71-32-14-8-2)57-42(56-40)36-20-26-39(27-21-36)69(30-12-6)48-60-45(54)63-51(66-48)72-33-15-9-3/h10-12,16-27H,4-9,13-15,28-33H2,1-3H3. The monoisotopic (exact) mass is 1030 g/mol.